The molecule has 1 saturated carbocycles. The van der Waals surface area contributed by atoms with E-state index in [9.17, 15) is 14.9 Å². The van der Waals surface area contributed by atoms with Gasteiger partial charge in [0.1, 0.15) is 0 Å². The molecule has 3 aromatic rings. The molecule has 5 rings (SSSR count). The molecule has 1 N–H and O–H groups in total. The summed E-state index contributed by atoms with van der Waals surface area (Å²) in [4.78, 5) is 31.9. The molecule has 0 spiro atoms. The van der Waals surface area contributed by atoms with Crippen LogP contribution >= 0.6 is 11.6 Å². The number of imidazole rings is 1. The lowest BCUT2D eigenvalue weighted by Crippen LogP contribution is -2.43. The predicted molar refractivity (Wildman–Crippen MR) is 137 cm³/mol. The molecule has 0 bridgehead atoms. The third kappa shape index (κ3) is 4.48. The van der Waals surface area contributed by atoms with Crippen molar-refractivity contribution in [1.29, 1.82) is 5.26 Å². The molecular weight excluding hydrogens is 492 g/mol. The van der Waals surface area contributed by atoms with Crippen molar-refractivity contribution < 1.29 is 9.59 Å². The van der Waals surface area contributed by atoms with E-state index in [0.717, 1.165) is 36.2 Å². The maximum atomic E-state index is 12.8. The van der Waals surface area contributed by atoms with Gasteiger partial charge in [-0.1, -0.05) is 23.7 Å². The molecule has 1 aliphatic carbocycles. The van der Waals surface area contributed by atoms with E-state index in [0.29, 0.717) is 23.1 Å². The van der Waals surface area contributed by atoms with Crippen LogP contribution in [0.15, 0.2) is 24.4 Å². The minimum atomic E-state index is -0.288. The first-order valence-electron chi connectivity index (χ1n) is 12.4. The molecule has 192 valence electrons. The van der Waals surface area contributed by atoms with Gasteiger partial charge in [-0.25, -0.2) is 9.67 Å². The quantitative estimate of drug-likeness (QED) is 0.531. The summed E-state index contributed by atoms with van der Waals surface area (Å²) in [5, 5.41) is 21.3. The number of carbonyl (C=O) groups excluding carboxylic acids is 2. The fourth-order valence-corrected chi connectivity index (χ4v) is 5.34. The minimum absolute atomic E-state index is 0.000832. The van der Waals surface area contributed by atoms with E-state index in [1.165, 1.54) is 0 Å². The van der Waals surface area contributed by atoms with Crippen molar-refractivity contribution in [3.05, 3.63) is 57.6 Å². The van der Waals surface area contributed by atoms with E-state index >= 15 is 0 Å². The summed E-state index contributed by atoms with van der Waals surface area (Å²) in [5.74, 6) is 0.610. The predicted octanol–water partition coefficient (Wildman–Crippen LogP) is 3.50. The van der Waals surface area contributed by atoms with Crippen LogP contribution in [0.5, 0.6) is 0 Å². The van der Waals surface area contributed by atoms with Gasteiger partial charge in [0.05, 0.1) is 29.6 Å². The summed E-state index contributed by atoms with van der Waals surface area (Å²) < 4.78 is 3.55. The SMILES string of the molecule is Cc1c(C(C)n2cc(C(=O)NC3CC(c4cc(Cl)ccc4C#N)C3)nn2)nc(N2CCC(C)C2=O)n1C. The first-order chi connectivity index (χ1) is 17.7. The van der Waals surface area contributed by atoms with E-state index < -0.39 is 0 Å². The largest absolute Gasteiger partial charge is 0.348 e. The van der Waals surface area contributed by atoms with Crippen LogP contribution in [0.25, 0.3) is 0 Å². The lowest BCUT2D eigenvalue weighted by molar-refractivity contribution is -0.120. The van der Waals surface area contributed by atoms with Gasteiger partial charge in [-0.15, -0.1) is 5.10 Å². The smallest absolute Gasteiger partial charge is 0.273 e. The van der Waals surface area contributed by atoms with E-state index in [1.54, 1.807) is 27.9 Å². The number of carbonyl (C=O) groups is 2. The van der Waals surface area contributed by atoms with Crippen LogP contribution in [0.1, 0.15) is 78.1 Å². The highest BCUT2D eigenvalue weighted by atomic mass is 35.5. The fourth-order valence-electron chi connectivity index (χ4n) is 5.16. The first-order valence-corrected chi connectivity index (χ1v) is 12.8. The van der Waals surface area contributed by atoms with Crippen molar-refractivity contribution in [3.63, 3.8) is 0 Å². The van der Waals surface area contributed by atoms with Crippen LogP contribution in [-0.4, -0.2) is 48.9 Å². The third-order valence-electron chi connectivity index (χ3n) is 7.69. The number of nitrogens with zero attached hydrogens (tertiary/aromatic N) is 7. The number of halogens is 1. The van der Waals surface area contributed by atoms with Gasteiger partial charge >= 0.3 is 0 Å². The number of hydrogen-bond acceptors (Lipinski definition) is 6. The Morgan fingerprint density at radius 3 is 2.76 bits per heavy atom. The first kappa shape index (κ1) is 25.0. The Morgan fingerprint density at radius 2 is 2.08 bits per heavy atom. The van der Waals surface area contributed by atoms with Gasteiger partial charge in [0.2, 0.25) is 11.9 Å². The van der Waals surface area contributed by atoms with Crippen molar-refractivity contribution in [2.75, 3.05) is 11.4 Å². The van der Waals surface area contributed by atoms with Gasteiger partial charge in [-0.2, -0.15) is 5.26 Å². The Kier molecular flexibility index (Phi) is 6.50. The molecule has 1 aromatic carbocycles. The molecule has 2 fully saturated rings. The van der Waals surface area contributed by atoms with Crippen LogP contribution in [0.2, 0.25) is 5.02 Å². The number of hydrogen-bond donors (Lipinski definition) is 1. The van der Waals surface area contributed by atoms with Gasteiger partial charge in [0.15, 0.2) is 5.69 Å². The summed E-state index contributed by atoms with van der Waals surface area (Å²) in [7, 11) is 1.90. The second kappa shape index (κ2) is 9.63. The summed E-state index contributed by atoms with van der Waals surface area (Å²) >= 11 is 6.12. The molecule has 1 aliphatic heterocycles. The maximum Gasteiger partial charge on any atom is 0.273 e. The van der Waals surface area contributed by atoms with Crippen molar-refractivity contribution in [1.82, 2.24) is 29.9 Å². The zero-order valence-electron chi connectivity index (χ0n) is 21.3. The normalized spacial score (nSPS) is 22.0. The van der Waals surface area contributed by atoms with E-state index in [-0.39, 0.29) is 41.4 Å². The van der Waals surface area contributed by atoms with Gasteiger partial charge in [-0.05, 0) is 62.8 Å². The van der Waals surface area contributed by atoms with E-state index in [2.05, 4.69) is 21.7 Å². The van der Waals surface area contributed by atoms with Crippen LogP contribution < -0.4 is 10.2 Å². The van der Waals surface area contributed by atoms with Crippen molar-refractivity contribution in [2.45, 2.75) is 58.0 Å². The Bertz CT molecular complexity index is 1410. The Labute approximate surface area is 220 Å². The molecule has 11 heteroatoms. The Morgan fingerprint density at radius 1 is 1.32 bits per heavy atom. The molecule has 2 aliphatic rings. The number of rotatable bonds is 6. The lowest BCUT2D eigenvalue weighted by atomic mass is 9.74. The lowest BCUT2D eigenvalue weighted by Gasteiger charge is -2.36. The molecule has 1 saturated heterocycles. The van der Waals surface area contributed by atoms with E-state index in [4.69, 9.17) is 16.6 Å². The van der Waals surface area contributed by atoms with Crippen LogP contribution in [0.3, 0.4) is 0 Å². The van der Waals surface area contributed by atoms with Gasteiger partial charge in [-0.3, -0.25) is 14.5 Å². The van der Waals surface area contributed by atoms with Crippen molar-refractivity contribution in [2.24, 2.45) is 13.0 Å². The number of nitrogens with one attached hydrogen (secondary N) is 1. The maximum absolute atomic E-state index is 12.8. The summed E-state index contributed by atoms with van der Waals surface area (Å²) in [6.07, 6.45) is 3.90. The highest BCUT2D eigenvalue weighted by Crippen LogP contribution is 2.39. The molecule has 2 atom stereocenters. The molecule has 2 unspecified atom stereocenters. The molecule has 10 nitrogen and oxygen atoms in total. The third-order valence-corrected chi connectivity index (χ3v) is 7.93. The zero-order chi connectivity index (χ0) is 26.4. The summed E-state index contributed by atoms with van der Waals surface area (Å²) in [5.41, 5.74) is 3.48. The highest BCUT2D eigenvalue weighted by Gasteiger charge is 2.35. The fraction of sp³-hybridized carbons (Fsp3) is 0.462. The van der Waals surface area contributed by atoms with Crippen LogP contribution in [0, 0.1) is 24.2 Å². The second-order valence-electron chi connectivity index (χ2n) is 10.1. The van der Waals surface area contributed by atoms with Gasteiger partial charge in [0, 0.05) is 36.3 Å². The highest BCUT2D eigenvalue weighted by molar-refractivity contribution is 6.30. The number of benzene rings is 1. The van der Waals surface area contributed by atoms with Gasteiger partial charge in [0.25, 0.3) is 5.91 Å². The van der Waals surface area contributed by atoms with Gasteiger partial charge < -0.3 is 9.88 Å². The Hall–Kier alpha value is -3.71. The van der Waals surface area contributed by atoms with E-state index in [1.807, 2.05) is 38.5 Å². The molecule has 37 heavy (non-hydrogen) atoms. The second-order valence-corrected chi connectivity index (χ2v) is 10.5. The average Bonchev–Trinajstić information content (AvgIpc) is 3.55. The standard InChI is InChI=1S/C26H29ClN8O2/c1-14-7-8-34(25(14)37)26-30-23(15(2)33(26)4)16(3)35-13-22(31-32-35)24(36)29-20-9-18(10-20)21-11-19(27)6-5-17(21)12-28/h5-6,11,13-14,16,18,20H,7-10H2,1-4H3,(H,29,36). The number of amides is 2. The summed E-state index contributed by atoms with van der Waals surface area (Å²) in [6.45, 7) is 6.50. The topological polar surface area (TPSA) is 122 Å². The molecule has 0 radical (unpaired) electrons. The average molecular weight is 521 g/mol. The number of anilines is 1. The number of nitriles is 1. The molecular formula is C26H29ClN8O2. The molecule has 3 heterocycles. The summed E-state index contributed by atoms with van der Waals surface area (Å²) in [6, 6.07) is 7.22. The zero-order valence-corrected chi connectivity index (χ0v) is 22.0. The molecule has 2 aromatic heterocycles. The van der Waals surface area contributed by atoms with Crippen molar-refractivity contribution >= 4 is 29.4 Å². The van der Waals surface area contributed by atoms with Crippen LogP contribution in [-0.2, 0) is 11.8 Å². The Balaban J connectivity index is 1.24. The monoisotopic (exact) mass is 520 g/mol. The molecule has 2 amide bonds. The number of aromatic nitrogens is 5. The van der Waals surface area contributed by atoms with Crippen molar-refractivity contribution in [3.8, 4) is 6.07 Å². The van der Waals surface area contributed by atoms with Crippen LogP contribution in [0.4, 0.5) is 5.95 Å². The minimum Gasteiger partial charge on any atom is -0.348 e.